The van der Waals surface area contributed by atoms with Crippen LogP contribution < -0.4 is 10.9 Å². The van der Waals surface area contributed by atoms with Crippen LogP contribution in [0, 0.1) is 0 Å². The zero-order valence-electron chi connectivity index (χ0n) is 16.7. The van der Waals surface area contributed by atoms with Crippen LogP contribution in [-0.2, 0) is 6.54 Å². The molecular weight excluding hydrogens is 380 g/mol. The Labute approximate surface area is 173 Å². The highest BCUT2D eigenvalue weighted by atomic mass is 16.1. The number of nitrogens with one attached hydrogen (secondary N) is 2. The van der Waals surface area contributed by atoms with Crippen molar-refractivity contribution in [1.29, 1.82) is 0 Å². The Morgan fingerprint density at radius 3 is 2.73 bits per heavy atom. The summed E-state index contributed by atoms with van der Waals surface area (Å²) in [4.78, 5) is 22.3. The summed E-state index contributed by atoms with van der Waals surface area (Å²) < 4.78 is 3.58. The third-order valence-electron chi connectivity index (χ3n) is 5.39. The Bertz CT molecular complexity index is 1190. The first-order valence-electron chi connectivity index (χ1n) is 10.3. The standard InChI is InChI=1S/C21H24N8O/c30-20-17-15-22-29(16-7-2-1-3-8-16)19(17)24-21(25-20)23-18-9-14-28(26-18)13-6-12-27-10-4-5-11-27/h1-3,7-9,14-15H,4-6,10-13H2,(H2,23,24,25,26,30). The lowest BCUT2D eigenvalue weighted by Gasteiger charge is -2.13. The molecule has 1 aliphatic rings. The molecule has 3 aromatic heterocycles. The van der Waals surface area contributed by atoms with Crippen molar-refractivity contribution in [3.05, 3.63) is 59.1 Å². The van der Waals surface area contributed by atoms with E-state index in [4.69, 9.17) is 0 Å². The number of anilines is 2. The van der Waals surface area contributed by atoms with Crippen LogP contribution in [0.2, 0.25) is 0 Å². The van der Waals surface area contributed by atoms with E-state index in [1.165, 1.54) is 32.1 Å². The molecule has 0 spiro atoms. The van der Waals surface area contributed by atoms with Gasteiger partial charge in [-0.15, -0.1) is 0 Å². The number of aromatic nitrogens is 6. The topological polar surface area (TPSA) is 96.7 Å². The van der Waals surface area contributed by atoms with Crippen molar-refractivity contribution in [2.24, 2.45) is 0 Å². The summed E-state index contributed by atoms with van der Waals surface area (Å²) in [6.07, 6.45) is 7.17. The number of nitrogens with zero attached hydrogens (tertiary/aromatic N) is 6. The number of aryl methyl sites for hydroxylation is 1. The van der Waals surface area contributed by atoms with Crippen LogP contribution in [0.15, 0.2) is 53.6 Å². The van der Waals surface area contributed by atoms with Gasteiger partial charge in [0.1, 0.15) is 5.39 Å². The summed E-state index contributed by atoms with van der Waals surface area (Å²) in [5, 5.41) is 12.4. The molecule has 4 aromatic rings. The molecule has 30 heavy (non-hydrogen) atoms. The second-order valence-corrected chi connectivity index (χ2v) is 7.54. The Morgan fingerprint density at radius 2 is 1.90 bits per heavy atom. The molecular formula is C21H24N8O. The number of aromatic amines is 1. The van der Waals surface area contributed by atoms with Gasteiger partial charge in [-0.25, -0.2) is 4.68 Å². The molecule has 0 aliphatic carbocycles. The fraction of sp³-hybridized carbons (Fsp3) is 0.333. The lowest BCUT2D eigenvalue weighted by molar-refractivity contribution is 0.322. The van der Waals surface area contributed by atoms with Crippen molar-refractivity contribution in [1.82, 2.24) is 34.4 Å². The van der Waals surface area contributed by atoms with Crippen molar-refractivity contribution in [3.63, 3.8) is 0 Å². The van der Waals surface area contributed by atoms with E-state index in [-0.39, 0.29) is 5.56 Å². The van der Waals surface area contributed by atoms with Crippen LogP contribution in [0.5, 0.6) is 0 Å². The van der Waals surface area contributed by atoms with Gasteiger partial charge in [0.15, 0.2) is 11.5 Å². The van der Waals surface area contributed by atoms with Crippen molar-refractivity contribution >= 4 is 22.8 Å². The largest absolute Gasteiger partial charge is 0.309 e. The summed E-state index contributed by atoms with van der Waals surface area (Å²) in [5.74, 6) is 0.983. The summed E-state index contributed by atoms with van der Waals surface area (Å²) >= 11 is 0. The molecule has 0 saturated carbocycles. The molecule has 0 unspecified atom stereocenters. The highest BCUT2D eigenvalue weighted by molar-refractivity contribution is 5.76. The fourth-order valence-corrected chi connectivity index (χ4v) is 3.87. The van der Waals surface area contributed by atoms with Gasteiger partial charge in [0.05, 0.1) is 11.9 Å². The molecule has 4 heterocycles. The quantitative estimate of drug-likeness (QED) is 0.491. The first-order chi connectivity index (χ1) is 14.8. The number of hydrogen-bond acceptors (Lipinski definition) is 6. The van der Waals surface area contributed by atoms with E-state index >= 15 is 0 Å². The zero-order valence-corrected chi connectivity index (χ0v) is 16.7. The summed E-state index contributed by atoms with van der Waals surface area (Å²) in [7, 11) is 0. The Morgan fingerprint density at radius 1 is 1.07 bits per heavy atom. The van der Waals surface area contributed by atoms with Gasteiger partial charge < -0.3 is 10.2 Å². The highest BCUT2D eigenvalue weighted by Gasteiger charge is 2.13. The van der Waals surface area contributed by atoms with Gasteiger partial charge in [0.2, 0.25) is 5.95 Å². The van der Waals surface area contributed by atoms with Gasteiger partial charge in [-0.05, 0) is 51.0 Å². The van der Waals surface area contributed by atoms with Crippen molar-refractivity contribution in [2.75, 3.05) is 25.0 Å². The second kappa shape index (κ2) is 8.11. The van der Waals surface area contributed by atoms with E-state index in [0.717, 1.165) is 25.2 Å². The fourth-order valence-electron chi connectivity index (χ4n) is 3.87. The van der Waals surface area contributed by atoms with Crippen LogP contribution in [0.3, 0.4) is 0 Å². The molecule has 0 atom stereocenters. The third-order valence-corrected chi connectivity index (χ3v) is 5.39. The van der Waals surface area contributed by atoms with E-state index in [0.29, 0.717) is 22.8 Å². The summed E-state index contributed by atoms with van der Waals surface area (Å²) in [5.41, 5.74) is 1.10. The highest BCUT2D eigenvalue weighted by Crippen LogP contribution is 2.16. The van der Waals surface area contributed by atoms with Gasteiger partial charge in [-0.2, -0.15) is 15.2 Å². The second-order valence-electron chi connectivity index (χ2n) is 7.54. The zero-order chi connectivity index (χ0) is 20.3. The Balaban J connectivity index is 1.32. The lowest BCUT2D eigenvalue weighted by Crippen LogP contribution is -2.21. The third kappa shape index (κ3) is 3.84. The van der Waals surface area contributed by atoms with Crippen LogP contribution in [0.4, 0.5) is 11.8 Å². The predicted octanol–water partition coefficient (Wildman–Crippen LogP) is 2.53. The number of rotatable bonds is 7. The Kier molecular flexibility index (Phi) is 5.02. The molecule has 0 amide bonds. The molecule has 1 aromatic carbocycles. The molecule has 5 rings (SSSR count). The predicted molar refractivity (Wildman–Crippen MR) is 115 cm³/mol. The summed E-state index contributed by atoms with van der Waals surface area (Å²) in [6.45, 7) is 4.40. The van der Waals surface area contributed by atoms with Gasteiger partial charge in [-0.3, -0.25) is 14.5 Å². The number of fused-ring (bicyclic) bond motifs is 1. The van der Waals surface area contributed by atoms with E-state index in [1.807, 2.05) is 47.3 Å². The molecule has 0 radical (unpaired) electrons. The van der Waals surface area contributed by atoms with Gasteiger partial charge in [0.25, 0.3) is 5.56 Å². The molecule has 1 fully saturated rings. The average Bonchev–Trinajstić information content (AvgIpc) is 3.50. The normalized spacial score (nSPS) is 14.5. The van der Waals surface area contributed by atoms with E-state index in [9.17, 15) is 4.79 Å². The number of H-pyrrole nitrogens is 1. The number of benzene rings is 1. The maximum absolute atomic E-state index is 12.5. The van der Waals surface area contributed by atoms with Gasteiger partial charge in [0, 0.05) is 18.8 Å². The Hall–Kier alpha value is -3.46. The van der Waals surface area contributed by atoms with E-state index < -0.39 is 0 Å². The monoisotopic (exact) mass is 404 g/mol. The molecule has 9 nitrogen and oxygen atoms in total. The SMILES string of the molecule is O=c1[nH]c(Nc2ccn(CCCN3CCCC3)n2)nc2c1cnn2-c1ccccc1. The van der Waals surface area contributed by atoms with Gasteiger partial charge in [-0.1, -0.05) is 18.2 Å². The van der Waals surface area contributed by atoms with Crippen LogP contribution in [0.25, 0.3) is 16.7 Å². The average molecular weight is 404 g/mol. The summed E-state index contributed by atoms with van der Waals surface area (Å²) in [6, 6.07) is 11.5. The number of likely N-dealkylation sites (tertiary alicyclic amines) is 1. The van der Waals surface area contributed by atoms with Crippen LogP contribution in [0.1, 0.15) is 19.3 Å². The lowest BCUT2D eigenvalue weighted by atomic mass is 10.3. The molecule has 1 saturated heterocycles. The van der Waals surface area contributed by atoms with Gasteiger partial charge >= 0.3 is 0 Å². The van der Waals surface area contributed by atoms with E-state index in [1.54, 1.807) is 4.68 Å². The molecule has 2 N–H and O–H groups in total. The first kappa shape index (κ1) is 18.6. The van der Waals surface area contributed by atoms with E-state index in [2.05, 4.69) is 30.4 Å². The minimum absolute atomic E-state index is 0.241. The van der Waals surface area contributed by atoms with Crippen molar-refractivity contribution in [3.8, 4) is 5.69 Å². The number of hydrogen-bond donors (Lipinski definition) is 2. The smallest absolute Gasteiger partial charge is 0.263 e. The maximum atomic E-state index is 12.5. The molecule has 154 valence electrons. The molecule has 0 bridgehead atoms. The van der Waals surface area contributed by atoms with Crippen molar-refractivity contribution < 1.29 is 0 Å². The van der Waals surface area contributed by atoms with Crippen molar-refractivity contribution in [2.45, 2.75) is 25.8 Å². The van der Waals surface area contributed by atoms with Crippen LogP contribution in [-0.4, -0.2) is 54.1 Å². The molecule has 1 aliphatic heterocycles. The minimum atomic E-state index is -0.241. The van der Waals surface area contributed by atoms with Crippen LogP contribution >= 0.6 is 0 Å². The minimum Gasteiger partial charge on any atom is -0.309 e. The number of para-hydroxylation sites is 1. The molecule has 9 heteroatoms. The first-order valence-corrected chi connectivity index (χ1v) is 10.3. The maximum Gasteiger partial charge on any atom is 0.263 e.